The molecule has 0 bridgehead atoms. The summed E-state index contributed by atoms with van der Waals surface area (Å²) in [6.07, 6.45) is 0. The third-order valence-electron chi connectivity index (χ3n) is 5.05. The number of fused-ring (bicyclic) bond motifs is 6. The lowest BCUT2D eigenvalue weighted by Gasteiger charge is -2.09. The van der Waals surface area contributed by atoms with E-state index in [-0.39, 0.29) is 0 Å². The molecule has 0 aliphatic carbocycles. The molecule has 0 spiro atoms. The van der Waals surface area contributed by atoms with Crippen LogP contribution in [0.1, 0.15) is 11.1 Å². The van der Waals surface area contributed by atoms with Crippen LogP contribution in [-0.2, 0) is 0 Å². The first-order valence-electron chi connectivity index (χ1n) is 8.40. The third kappa shape index (κ3) is 2.04. The zero-order chi connectivity index (χ0) is 17.7. The van der Waals surface area contributed by atoms with Gasteiger partial charge in [-0.05, 0) is 79.5 Å². The molecule has 0 saturated heterocycles. The van der Waals surface area contributed by atoms with Crippen molar-refractivity contribution in [3.05, 3.63) is 83.9 Å². The molecular weight excluding hydrogens is 316 g/mol. The van der Waals surface area contributed by atoms with Crippen molar-refractivity contribution >= 4 is 43.1 Å². The first kappa shape index (κ1) is 14.5. The zero-order valence-corrected chi connectivity index (χ0v) is 13.8. The average Bonchev–Trinajstić information content (AvgIpc) is 2.71. The minimum atomic E-state index is 0.678. The number of rotatable bonds is 0. The maximum atomic E-state index is 9.12. The van der Waals surface area contributed by atoms with Crippen LogP contribution in [0, 0.1) is 22.7 Å². The Labute approximate surface area is 150 Å². The highest BCUT2D eigenvalue weighted by molar-refractivity contribution is 6.17. The molecular formula is C24H12N2. The molecule has 5 aromatic carbocycles. The first-order chi connectivity index (χ1) is 12.8. The van der Waals surface area contributed by atoms with E-state index in [1.807, 2.05) is 36.4 Å². The summed E-state index contributed by atoms with van der Waals surface area (Å²) in [6, 6.07) is 28.9. The molecule has 0 unspecified atom stereocenters. The zero-order valence-electron chi connectivity index (χ0n) is 13.8. The molecule has 0 aliphatic rings. The van der Waals surface area contributed by atoms with E-state index in [0.29, 0.717) is 11.1 Å². The summed E-state index contributed by atoms with van der Waals surface area (Å²) in [5.74, 6) is 0. The van der Waals surface area contributed by atoms with Crippen molar-refractivity contribution in [2.24, 2.45) is 0 Å². The molecule has 5 aromatic rings. The molecule has 5 rings (SSSR count). The quantitative estimate of drug-likeness (QED) is 0.257. The number of hydrogen-bond donors (Lipinski definition) is 0. The summed E-state index contributed by atoms with van der Waals surface area (Å²) < 4.78 is 0. The fraction of sp³-hybridized carbons (Fsp3) is 0. The van der Waals surface area contributed by atoms with Crippen LogP contribution in [0.15, 0.2) is 72.8 Å². The second-order valence-electron chi connectivity index (χ2n) is 6.52. The van der Waals surface area contributed by atoms with Gasteiger partial charge >= 0.3 is 0 Å². The molecule has 118 valence electrons. The van der Waals surface area contributed by atoms with Crippen molar-refractivity contribution in [1.82, 2.24) is 0 Å². The summed E-state index contributed by atoms with van der Waals surface area (Å²) >= 11 is 0. The Morgan fingerprint density at radius 2 is 0.808 bits per heavy atom. The van der Waals surface area contributed by atoms with Gasteiger partial charge in [0.2, 0.25) is 0 Å². The van der Waals surface area contributed by atoms with Crippen LogP contribution in [-0.4, -0.2) is 0 Å². The Morgan fingerprint density at radius 3 is 1.19 bits per heavy atom. The minimum Gasteiger partial charge on any atom is -0.192 e. The summed E-state index contributed by atoms with van der Waals surface area (Å²) in [7, 11) is 0. The van der Waals surface area contributed by atoms with Crippen molar-refractivity contribution in [3.63, 3.8) is 0 Å². The average molecular weight is 328 g/mol. The van der Waals surface area contributed by atoms with Gasteiger partial charge in [0.1, 0.15) is 0 Å². The third-order valence-corrected chi connectivity index (χ3v) is 5.05. The predicted molar refractivity (Wildman–Crippen MR) is 106 cm³/mol. The largest absolute Gasteiger partial charge is 0.192 e. The Hall–Kier alpha value is -3.88. The van der Waals surface area contributed by atoms with Gasteiger partial charge in [-0.3, -0.25) is 0 Å². The summed E-state index contributed by atoms with van der Waals surface area (Å²) in [5, 5.41) is 27.4. The van der Waals surface area contributed by atoms with Gasteiger partial charge in [-0.1, -0.05) is 36.4 Å². The Kier molecular flexibility index (Phi) is 2.95. The molecule has 0 aromatic heterocycles. The van der Waals surface area contributed by atoms with Crippen LogP contribution in [0.3, 0.4) is 0 Å². The highest BCUT2D eigenvalue weighted by Gasteiger charge is 2.07. The Bertz CT molecular complexity index is 1330. The smallest absolute Gasteiger partial charge is 0.0991 e. The van der Waals surface area contributed by atoms with Crippen LogP contribution < -0.4 is 0 Å². The lowest BCUT2D eigenvalue weighted by Crippen LogP contribution is -1.84. The molecule has 0 fully saturated rings. The summed E-state index contributed by atoms with van der Waals surface area (Å²) in [4.78, 5) is 0. The van der Waals surface area contributed by atoms with E-state index in [2.05, 4.69) is 48.5 Å². The number of hydrogen-bond acceptors (Lipinski definition) is 2. The second-order valence-corrected chi connectivity index (χ2v) is 6.52. The molecule has 0 radical (unpaired) electrons. The lowest BCUT2D eigenvalue weighted by molar-refractivity contribution is 1.50. The monoisotopic (exact) mass is 328 g/mol. The normalized spacial score (nSPS) is 11.0. The molecule has 0 N–H and O–H groups in total. The van der Waals surface area contributed by atoms with Crippen molar-refractivity contribution in [2.45, 2.75) is 0 Å². The molecule has 0 atom stereocenters. The van der Waals surface area contributed by atoms with Gasteiger partial charge in [-0.2, -0.15) is 10.5 Å². The molecule has 26 heavy (non-hydrogen) atoms. The SMILES string of the molecule is N#Cc1ccc2c(ccc3cc4c(ccc5cc(C#N)ccc54)cc32)c1. The molecule has 2 heteroatoms. The van der Waals surface area contributed by atoms with Crippen LogP contribution >= 0.6 is 0 Å². The molecule has 0 aliphatic heterocycles. The number of nitrogens with zero attached hydrogens (tertiary/aromatic N) is 2. The van der Waals surface area contributed by atoms with Gasteiger partial charge in [-0.15, -0.1) is 0 Å². The molecule has 0 saturated carbocycles. The predicted octanol–water partition coefficient (Wildman–Crippen LogP) is 6.04. The van der Waals surface area contributed by atoms with Gasteiger partial charge in [0.25, 0.3) is 0 Å². The van der Waals surface area contributed by atoms with E-state index in [0.717, 1.165) is 21.5 Å². The van der Waals surface area contributed by atoms with Gasteiger partial charge in [-0.25, -0.2) is 0 Å². The number of nitriles is 2. The van der Waals surface area contributed by atoms with Crippen LogP contribution in [0.5, 0.6) is 0 Å². The van der Waals surface area contributed by atoms with E-state index < -0.39 is 0 Å². The second kappa shape index (κ2) is 5.31. The van der Waals surface area contributed by atoms with Gasteiger partial charge in [0, 0.05) is 0 Å². The van der Waals surface area contributed by atoms with Crippen molar-refractivity contribution in [1.29, 1.82) is 10.5 Å². The maximum absolute atomic E-state index is 9.12. The van der Waals surface area contributed by atoms with Crippen LogP contribution in [0.4, 0.5) is 0 Å². The topological polar surface area (TPSA) is 47.6 Å². The maximum Gasteiger partial charge on any atom is 0.0991 e. The summed E-state index contributed by atoms with van der Waals surface area (Å²) in [5.41, 5.74) is 1.36. The van der Waals surface area contributed by atoms with E-state index in [4.69, 9.17) is 10.5 Å². The molecule has 0 heterocycles. The highest BCUT2D eigenvalue weighted by Crippen LogP contribution is 2.33. The highest BCUT2D eigenvalue weighted by atomic mass is 14.2. The Morgan fingerprint density at radius 1 is 0.423 bits per heavy atom. The lowest BCUT2D eigenvalue weighted by atomic mass is 9.94. The van der Waals surface area contributed by atoms with Gasteiger partial charge in [0.05, 0.1) is 23.3 Å². The number of benzene rings is 5. The van der Waals surface area contributed by atoms with E-state index in [1.165, 1.54) is 21.5 Å². The summed E-state index contributed by atoms with van der Waals surface area (Å²) in [6.45, 7) is 0. The first-order valence-corrected chi connectivity index (χ1v) is 8.40. The van der Waals surface area contributed by atoms with Crippen LogP contribution in [0.25, 0.3) is 43.1 Å². The fourth-order valence-electron chi connectivity index (χ4n) is 3.77. The van der Waals surface area contributed by atoms with E-state index >= 15 is 0 Å². The van der Waals surface area contributed by atoms with Crippen molar-refractivity contribution < 1.29 is 0 Å². The van der Waals surface area contributed by atoms with Crippen molar-refractivity contribution in [2.75, 3.05) is 0 Å². The Balaban J connectivity index is 1.89. The van der Waals surface area contributed by atoms with Gasteiger partial charge in [0.15, 0.2) is 0 Å². The molecule has 0 amide bonds. The molecule has 2 nitrogen and oxygen atoms in total. The van der Waals surface area contributed by atoms with Gasteiger partial charge < -0.3 is 0 Å². The van der Waals surface area contributed by atoms with E-state index in [9.17, 15) is 0 Å². The minimum absolute atomic E-state index is 0.678. The van der Waals surface area contributed by atoms with Crippen LogP contribution in [0.2, 0.25) is 0 Å². The fourth-order valence-corrected chi connectivity index (χ4v) is 3.77. The standard InChI is InChI=1S/C24H12N2/c25-13-15-1-7-21-17(9-15)3-5-19-12-24-20(11-23(19)21)6-4-18-10-16(14-26)2-8-22(18)24/h1-12H. The van der Waals surface area contributed by atoms with E-state index in [1.54, 1.807) is 0 Å². The van der Waals surface area contributed by atoms with Crippen molar-refractivity contribution in [3.8, 4) is 12.1 Å².